The SMILES string of the molecule is CN[C@@H]1CCCC[C@H]1N(C)CN(Cc1n[nH]cc1C)C(=O)OC(C)(C)C. The largest absolute Gasteiger partial charge is 0.444 e. The normalized spacial score (nSPS) is 21.0. The summed E-state index contributed by atoms with van der Waals surface area (Å²) < 4.78 is 5.64. The minimum Gasteiger partial charge on any atom is -0.444 e. The van der Waals surface area contributed by atoms with Crippen LogP contribution < -0.4 is 5.32 Å². The number of aromatic nitrogens is 2. The Kier molecular flexibility index (Phi) is 7.06. The zero-order chi connectivity index (χ0) is 19.3. The van der Waals surface area contributed by atoms with Gasteiger partial charge in [0, 0.05) is 18.3 Å². The molecule has 1 aromatic rings. The smallest absolute Gasteiger partial charge is 0.411 e. The third kappa shape index (κ3) is 5.71. The number of hydrogen-bond donors (Lipinski definition) is 2. The molecular formula is C19H35N5O2. The van der Waals surface area contributed by atoms with Crippen molar-refractivity contribution in [1.82, 2.24) is 25.3 Å². The van der Waals surface area contributed by atoms with Crippen LogP contribution in [0.25, 0.3) is 0 Å². The molecule has 1 amide bonds. The van der Waals surface area contributed by atoms with E-state index >= 15 is 0 Å². The average molecular weight is 366 g/mol. The highest BCUT2D eigenvalue weighted by Crippen LogP contribution is 2.23. The molecule has 0 bridgehead atoms. The molecule has 148 valence electrons. The van der Waals surface area contributed by atoms with Crippen molar-refractivity contribution in [2.24, 2.45) is 0 Å². The van der Waals surface area contributed by atoms with E-state index in [4.69, 9.17) is 4.74 Å². The lowest BCUT2D eigenvalue weighted by Gasteiger charge is -2.40. The van der Waals surface area contributed by atoms with Crippen molar-refractivity contribution in [3.8, 4) is 0 Å². The molecule has 1 saturated carbocycles. The highest BCUT2D eigenvalue weighted by atomic mass is 16.6. The number of likely N-dealkylation sites (N-methyl/N-ethyl adjacent to an activating group) is 2. The van der Waals surface area contributed by atoms with Gasteiger partial charge in [0.2, 0.25) is 0 Å². The van der Waals surface area contributed by atoms with Crippen molar-refractivity contribution in [1.29, 1.82) is 0 Å². The van der Waals surface area contributed by atoms with E-state index in [1.165, 1.54) is 19.3 Å². The molecule has 0 radical (unpaired) electrons. The number of amides is 1. The van der Waals surface area contributed by atoms with Gasteiger partial charge in [0.15, 0.2) is 0 Å². The number of nitrogens with one attached hydrogen (secondary N) is 2. The van der Waals surface area contributed by atoms with Crippen LogP contribution >= 0.6 is 0 Å². The standard InChI is InChI=1S/C19H35N5O2/c1-14-11-21-22-16(14)12-24(18(25)26-19(2,3)4)13-23(6)17-10-8-7-9-15(17)20-5/h11,15,17,20H,7-10,12-13H2,1-6H3,(H,21,22)/t15-,17-/m1/s1. The van der Waals surface area contributed by atoms with Crippen molar-refractivity contribution < 1.29 is 9.53 Å². The first-order valence-electron chi connectivity index (χ1n) is 9.56. The van der Waals surface area contributed by atoms with E-state index < -0.39 is 5.60 Å². The molecule has 0 unspecified atom stereocenters. The Morgan fingerprint density at radius 2 is 2.08 bits per heavy atom. The molecule has 1 aliphatic rings. The minimum absolute atomic E-state index is 0.302. The summed E-state index contributed by atoms with van der Waals surface area (Å²) in [7, 11) is 4.12. The fourth-order valence-corrected chi connectivity index (χ4v) is 3.57. The topological polar surface area (TPSA) is 73.5 Å². The molecule has 7 nitrogen and oxygen atoms in total. The lowest BCUT2D eigenvalue weighted by Crippen LogP contribution is -2.53. The van der Waals surface area contributed by atoms with Crippen LogP contribution in [0.15, 0.2) is 6.20 Å². The van der Waals surface area contributed by atoms with Gasteiger partial charge in [-0.2, -0.15) is 5.10 Å². The maximum Gasteiger partial charge on any atom is 0.411 e. The highest BCUT2D eigenvalue weighted by Gasteiger charge is 2.30. The van der Waals surface area contributed by atoms with Crippen LogP contribution in [-0.2, 0) is 11.3 Å². The predicted molar refractivity (Wildman–Crippen MR) is 103 cm³/mol. The molecule has 7 heteroatoms. The van der Waals surface area contributed by atoms with Gasteiger partial charge >= 0.3 is 6.09 Å². The zero-order valence-corrected chi connectivity index (χ0v) is 17.1. The molecule has 1 aliphatic carbocycles. The van der Waals surface area contributed by atoms with E-state index in [-0.39, 0.29) is 6.09 Å². The Hall–Kier alpha value is -1.60. The molecule has 0 aliphatic heterocycles. The van der Waals surface area contributed by atoms with Gasteiger partial charge in [0.05, 0.1) is 18.9 Å². The van der Waals surface area contributed by atoms with Crippen LogP contribution in [0.1, 0.15) is 57.7 Å². The molecule has 0 aromatic carbocycles. The Morgan fingerprint density at radius 1 is 1.38 bits per heavy atom. The van der Waals surface area contributed by atoms with Gasteiger partial charge in [-0.25, -0.2) is 4.79 Å². The van der Waals surface area contributed by atoms with Crippen LogP contribution in [0, 0.1) is 6.92 Å². The number of rotatable bonds is 6. The fraction of sp³-hybridized carbons (Fsp3) is 0.789. The number of aryl methyl sites for hydroxylation is 1. The number of nitrogens with zero attached hydrogens (tertiary/aromatic N) is 3. The summed E-state index contributed by atoms with van der Waals surface area (Å²) in [5.74, 6) is 0. The second kappa shape index (κ2) is 8.86. The van der Waals surface area contributed by atoms with Crippen LogP contribution in [0.4, 0.5) is 4.79 Å². The number of carbonyl (C=O) groups excluding carboxylic acids is 1. The maximum absolute atomic E-state index is 12.8. The zero-order valence-electron chi connectivity index (χ0n) is 17.1. The highest BCUT2D eigenvalue weighted by molar-refractivity contribution is 5.68. The van der Waals surface area contributed by atoms with Crippen molar-refractivity contribution >= 4 is 6.09 Å². The molecule has 0 saturated heterocycles. The summed E-state index contributed by atoms with van der Waals surface area (Å²) >= 11 is 0. The molecule has 2 atom stereocenters. The second-order valence-corrected chi connectivity index (χ2v) is 8.34. The van der Waals surface area contributed by atoms with Crippen molar-refractivity contribution in [3.63, 3.8) is 0 Å². The lowest BCUT2D eigenvalue weighted by molar-refractivity contribution is 0.00431. The third-order valence-electron chi connectivity index (χ3n) is 4.99. The first-order valence-corrected chi connectivity index (χ1v) is 9.56. The first kappa shape index (κ1) is 20.7. The Balaban J connectivity index is 2.11. The molecular weight excluding hydrogens is 330 g/mol. The Labute approximate surface area is 157 Å². The number of hydrogen-bond acceptors (Lipinski definition) is 5. The molecule has 1 heterocycles. The summed E-state index contributed by atoms with van der Waals surface area (Å²) in [6.45, 7) is 8.63. The number of aromatic amines is 1. The summed E-state index contributed by atoms with van der Waals surface area (Å²) in [5.41, 5.74) is 1.40. The fourth-order valence-electron chi connectivity index (χ4n) is 3.57. The van der Waals surface area contributed by atoms with Gasteiger partial charge < -0.3 is 10.1 Å². The molecule has 2 N–H and O–H groups in total. The van der Waals surface area contributed by atoms with Crippen molar-refractivity contribution in [3.05, 3.63) is 17.5 Å². The number of carbonyl (C=O) groups is 1. The van der Waals surface area contributed by atoms with Gasteiger partial charge in [-0.05, 0) is 60.2 Å². The van der Waals surface area contributed by atoms with Crippen LogP contribution in [-0.4, -0.2) is 64.5 Å². The monoisotopic (exact) mass is 365 g/mol. The Bertz CT molecular complexity index is 581. The molecule has 1 fully saturated rings. The summed E-state index contributed by atoms with van der Waals surface area (Å²) in [6.07, 6.45) is 6.37. The van der Waals surface area contributed by atoms with E-state index in [1.54, 1.807) is 4.90 Å². The summed E-state index contributed by atoms with van der Waals surface area (Å²) in [5, 5.41) is 10.6. The maximum atomic E-state index is 12.8. The quantitative estimate of drug-likeness (QED) is 0.759. The van der Waals surface area contributed by atoms with Crippen LogP contribution in [0.3, 0.4) is 0 Å². The van der Waals surface area contributed by atoms with Crippen molar-refractivity contribution in [2.45, 2.75) is 77.6 Å². The van der Waals surface area contributed by atoms with Crippen LogP contribution in [0.2, 0.25) is 0 Å². The van der Waals surface area contributed by atoms with E-state index in [0.29, 0.717) is 25.3 Å². The number of H-pyrrole nitrogens is 1. The molecule has 1 aromatic heterocycles. The van der Waals surface area contributed by atoms with Gasteiger partial charge in [-0.15, -0.1) is 0 Å². The molecule has 0 spiro atoms. The number of ether oxygens (including phenoxy) is 1. The lowest BCUT2D eigenvalue weighted by atomic mass is 9.89. The Morgan fingerprint density at radius 3 is 2.65 bits per heavy atom. The predicted octanol–water partition coefficient (Wildman–Crippen LogP) is 2.88. The summed E-state index contributed by atoms with van der Waals surface area (Å²) in [6, 6.07) is 0.875. The van der Waals surface area contributed by atoms with Gasteiger partial charge in [-0.1, -0.05) is 12.8 Å². The van der Waals surface area contributed by atoms with Gasteiger partial charge in [-0.3, -0.25) is 14.9 Å². The average Bonchev–Trinajstić information content (AvgIpc) is 2.97. The van der Waals surface area contributed by atoms with Crippen molar-refractivity contribution in [2.75, 3.05) is 20.8 Å². The van der Waals surface area contributed by atoms with Gasteiger partial charge in [0.25, 0.3) is 0 Å². The summed E-state index contributed by atoms with van der Waals surface area (Å²) in [4.78, 5) is 16.8. The third-order valence-corrected chi connectivity index (χ3v) is 4.99. The molecule has 26 heavy (non-hydrogen) atoms. The van der Waals surface area contributed by atoms with E-state index in [0.717, 1.165) is 17.7 Å². The van der Waals surface area contributed by atoms with E-state index in [2.05, 4.69) is 27.5 Å². The van der Waals surface area contributed by atoms with E-state index in [9.17, 15) is 4.79 Å². The molecule has 2 rings (SSSR count). The second-order valence-electron chi connectivity index (χ2n) is 8.34. The van der Waals surface area contributed by atoms with Gasteiger partial charge in [0.1, 0.15) is 5.60 Å². The van der Waals surface area contributed by atoms with Crippen LogP contribution in [0.5, 0.6) is 0 Å². The minimum atomic E-state index is -0.521. The van der Waals surface area contributed by atoms with E-state index in [1.807, 2.05) is 40.9 Å². The first-order chi connectivity index (χ1) is 12.2.